The second-order valence-electron chi connectivity index (χ2n) is 7.05. The second-order valence-corrected chi connectivity index (χ2v) is 8.29. The third-order valence-corrected chi connectivity index (χ3v) is 5.76. The zero-order chi connectivity index (χ0) is 21.8. The van der Waals surface area contributed by atoms with Crippen molar-refractivity contribution < 1.29 is 9.47 Å². The summed E-state index contributed by atoms with van der Waals surface area (Å²) in [5.41, 5.74) is 3.10. The van der Waals surface area contributed by atoms with E-state index in [0.717, 1.165) is 43.8 Å². The average molecular weight is 499 g/mol. The molecule has 4 aromatic rings. The molecule has 0 fully saturated rings. The molecule has 0 aliphatic rings. The van der Waals surface area contributed by atoms with E-state index in [4.69, 9.17) is 26.1 Å². The molecule has 0 unspecified atom stereocenters. The van der Waals surface area contributed by atoms with Gasteiger partial charge in [0.15, 0.2) is 0 Å². The quantitative estimate of drug-likeness (QED) is 0.281. The first-order chi connectivity index (χ1) is 15.1. The van der Waals surface area contributed by atoms with Gasteiger partial charge in [-0.05, 0) is 57.4 Å². The maximum absolute atomic E-state index is 6.11. The van der Waals surface area contributed by atoms with Gasteiger partial charge in [-0.2, -0.15) is 0 Å². The zero-order valence-corrected chi connectivity index (χ0v) is 19.5. The van der Waals surface area contributed by atoms with Gasteiger partial charge in [0.05, 0.1) is 24.2 Å². The molecule has 0 saturated carbocycles. The van der Waals surface area contributed by atoms with Crippen LogP contribution in [0.25, 0.3) is 10.9 Å². The Kier molecular flexibility index (Phi) is 6.59. The molecule has 0 atom stereocenters. The lowest BCUT2D eigenvalue weighted by Crippen LogP contribution is -2.23. The minimum absolute atomic E-state index is 0.421. The Morgan fingerprint density at radius 1 is 0.871 bits per heavy atom. The SMILES string of the molecule is COc1ccc(CN(Cc2ccc(OC)cc2)c2nc3cc(Cl)ncc3cc2Br)cc1. The van der Waals surface area contributed by atoms with Crippen LogP contribution in [0.4, 0.5) is 5.82 Å². The van der Waals surface area contributed by atoms with E-state index in [2.05, 4.69) is 50.1 Å². The van der Waals surface area contributed by atoms with Gasteiger partial charge in [-0.25, -0.2) is 9.97 Å². The second kappa shape index (κ2) is 9.54. The topological polar surface area (TPSA) is 47.5 Å². The number of ether oxygens (including phenoxy) is 2. The van der Waals surface area contributed by atoms with Crippen LogP contribution in [-0.4, -0.2) is 24.2 Å². The molecule has 158 valence electrons. The van der Waals surface area contributed by atoms with Crippen molar-refractivity contribution in [2.75, 3.05) is 19.1 Å². The molecule has 0 bridgehead atoms. The summed E-state index contributed by atoms with van der Waals surface area (Å²) >= 11 is 9.81. The van der Waals surface area contributed by atoms with E-state index in [-0.39, 0.29) is 0 Å². The normalized spacial score (nSPS) is 10.8. The molecule has 31 heavy (non-hydrogen) atoms. The predicted octanol–water partition coefficient (Wildman–Crippen LogP) is 6.27. The summed E-state index contributed by atoms with van der Waals surface area (Å²) in [6.07, 6.45) is 1.73. The molecule has 0 aliphatic heterocycles. The van der Waals surface area contributed by atoms with Crippen LogP contribution in [0.2, 0.25) is 5.15 Å². The average Bonchev–Trinajstić information content (AvgIpc) is 2.79. The van der Waals surface area contributed by atoms with Crippen molar-refractivity contribution in [1.82, 2.24) is 9.97 Å². The molecule has 2 aromatic heterocycles. The highest BCUT2D eigenvalue weighted by Gasteiger charge is 2.16. The Labute approximate surface area is 194 Å². The number of benzene rings is 2. The fourth-order valence-corrected chi connectivity index (χ4v) is 4.08. The Morgan fingerprint density at radius 3 is 1.94 bits per heavy atom. The third-order valence-electron chi connectivity index (χ3n) is 4.97. The number of nitrogens with zero attached hydrogens (tertiary/aromatic N) is 3. The fraction of sp³-hybridized carbons (Fsp3) is 0.167. The molecule has 0 amide bonds. The van der Waals surface area contributed by atoms with Crippen molar-refractivity contribution in [3.63, 3.8) is 0 Å². The van der Waals surface area contributed by atoms with Gasteiger partial charge in [0, 0.05) is 30.7 Å². The molecule has 0 radical (unpaired) electrons. The van der Waals surface area contributed by atoms with Gasteiger partial charge in [-0.1, -0.05) is 35.9 Å². The monoisotopic (exact) mass is 497 g/mol. The molecule has 5 nitrogen and oxygen atoms in total. The predicted molar refractivity (Wildman–Crippen MR) is 128 cm³/mol. The van der Waals surface area contributed by atoms with Crippen LogP contribution in [0.1, 0.15) is 11.1 Å². The van der Waals surface area contributed by atoms with E-state index in [0.29, 0.717) is 18.2 Å². The molecule has 0 spiro atoms. The fourth-order valence-electron chi connectivity index (χ4n) is 3.34. The molecule has 0 saturated heterocycles. The minimum atomic E-state index is 0.421. The van der Waals surface area contributed by atoms with Crippen LogP contribution in [-0.2, 0) is 13.1 Å². The summed E-state index contributed by atoms with van der Waals surface area (Å²) in [5.74, 6) is 2.50. The Balaban J connectivity index is 1.72. The van der Waals surface area contributed by atoms with Gasteiger partial charge in [-0.15, -0.1) is 0 Å². The first kappa shape index (κ1) is 21.4. The van der Waals surface area contributed by atoms with Crippen molar-refractivity contribution in [1.29, 1.82) is 0 Å². The van der Waals surface area contributed by atoms with Crippen molar-refractivity contribution in [2.24, 2.45) is 0 Å². The lowest BCUT2D eigenvalue weighted by molar-refractivity contribution is 0.414. The van der Waals surface area contributed by atoms with Gasteiger partial charge in [0.1, 0.15) is 22.5 Å². The maximum atomic E-state index is 6.11. The number of aromatic nitrogens is 2. The van der Waals surface area contributed by atoms with E-state index in [1.54, 1.807) is 26.5 Å². The number of methoxy groups -OCH3 is 2. The van der Waals surface area contributed by atoms with Gasteiger partial charge in [-0.3, -0.25) is 0 Å². The van der Waals surface area contributed by atoms with Crippen LogP contribution in [0.5, 0.6) is 11.5 Å². The van der Waals surface area contributed by atoms with Crippen LogP contribution < -0.4 is 14.4 Å². The largest absolute Gasteiger partial charge is 0.497 e. The number of hydrogen-bond donors (Lipinski definition) is 0. The number of pyridine rings is 2. The molecule has 7 heteroatoms. The smallest absolute Gasteiger partial charge is 0.144 e. The van der Waals surface area contributed by atoms with Crippen LogP contribution in [0.3, 0.4) is 0 Å². The molecular formula is C24H21BrClN3O2. The van der Waals surface area contributed by atoms with Gasteiger partial charge in [0.25, 0.3) is 0 Å². The Morgan fingerprint density at radius 2 is 1.42 bits per heavy atom. The first-order valence-electron chi connectivity index (χ1n) is 9.68. The number of halogens is 2. The Bertz CT molecular complexity index is 1130. The van der Waals surface area contributed by atoms with Crippen LogP contribution in [0, 0.1) is 0 Å². The third kappa shape index (κ3) is 5.09. The summed E-state index contributed by atoms with van der Waals surface area (Å²) in [6.45, 7) is 1.35. The van der Waals surface area contributed by atoms with Gasteiger partial charge >= 0.3 is 0 Å². The first-order valence-corrected chi connectivity index (χ1v) is 10.9. The van der Waals surface area contributed by atoms with Gasteiger partial charge < -0.3 is 14.4 Å². The number of hydrogen-bond acceptors (Lipinski definition) is 5. The number of fused-ring (bicyclic) bond motifs is 1. The number of anilines is 1. The van der Waals surface area contributed by atoms with E-state index in [9.17, 15) is 0 Å². The summed E-state index contributed by atoms with van der Waals surface area (Å²) in [4.78, 5) is 11.3. The summed E-state index contributed by atoms with van der Waals surface area (Å²) < 4.78 is 11.5. The van der Waals surface area contributed by atoms with Crippen LogP contribution >= 0.6 is 27.5 Å². The summed E-state index contributed by atoms with van der Waals surface area (Å²) in [5, 5.41) is 1.35. The standard InChI is InChI=1S/C24H21BrClN3O2/c1-30-19-7-3-16(4-8-19)14-29(15-17-5-9-20(31-2)10-6-17)24-21(25)11-18-13-27-23(26)12-22(18)28-24/h3-13H,14-15H2,1-2H3. The summed E-state index contributed by atoms with van der Waals surface area (Å²) in [6, 6.07) is 19.9. The maximum Gasteiger partial charge on any atom is 0.144 e. The number of rotatable bonds is 7. The highest BCUT2D eigenvalue weighted by Crippen LogP contribution is 2.31. The minimum Gasteiger partial charge on any atom is -0.497 e. The van der Waals surface area contributed by atoms with Gasteiger partial charge in [0.2, 0.25) is 0 Å². The van der Waals surface area contributed by atoms with Crippen molar-refractivity contribution in [3.05, 3.63) is 87.6 Å². The lowest BCUT2D eigenvalue weighted by Gasteiger charge is -2.26. The molecule has 0 N–H and O–H groups in total. The van der Waals surface area contributed by atoms with E-state index >= 15 is 0 Å². The molecular weight excluding hydrogens is 478 g/mol. The van der Waals surface area contributed by atoms with E-state index in [1.807, 2.05) is 30.3 Å². The van der Waals surface area contributed by atoms with Crippen molar-refractivity contribution >= 4 is 44.3 Å². The molecule has 2 heterocycles. The molecule has 4 rings (SSSR count). The Hall–Kier alpha value is -2.83. The molecule has 2 aromatic carbocycles. The van der Waals surface area contributed by atoms with E-state index < -0.39 is 0 Å². The highest BCUT2D eigenvalue weighted by molar-refractivity contribution is 9.10. The lowest BCUT2D eigenvalue weighted by atomic mass is 10.1. The van der Waals surface area contributed by atoms with E-state index in [1.165, 1.54) is 0 Å². The molecule has 0 aliphatic carbocycles. The highest BCUT2D eigenvalue weighted by atomic mass is 79.9. The van der Waals surface area contributed by atoms with Crippen LogP contribution in [0.15, 0.2) is 71.3 Å². The zero-order valence-electron chi connectivity index (χ0n) is 17.2. The van der Waals surface area contributed by atoms with Crippen molar-refractivity contribution in [2.45, 2.75) is 13.1 Å². The summed E-state index contributed by atoms with van der Waals surface area (Å²) in [7, 11) is 3.34. The van der Waals surface area contributed by atoms with Crippen molar-refractivity contribution in [3.8, 4) is 11.5 Å².